The normalized spacial score (nSPS) is 16.5. The van der Waals surface area contributed by atoms with Crippen molar-refractivity contribution in [1.82, 2.24) is 0 Å². The van der Waals surface area contributed by atoms with Crippen LogP contribution in [-0.2, 0) is 11.2 Å². The van der Waals surface area contributed by atoms with E-state index in [1.165, 1.54) is 5.56 Å². The lowest BCUT2D eigenvalue weighted by Gasteiger charge is -2.14. The van der Waals surface area contributed by atoms with Gasteiger partial charge in [0.2, 0.25) is 0 Å². The first-order chi connectivity index (χ1) is 10.2. The monoisotopic (exact) mass is 280 g/mol. The second-order valence-electron chi connectivity index (χ2n) is 5.60. The standard InChI is InChI=1S/C18H20N2O/c1-3-4-13-6-8-14(9-7-13)19-17-15-11-12(2)5-10-16(15)20-18(17)21/h5-11,17,19H,3-4H2,1-2H3,(H,20,21). The Bertz CT molecular complexity index is 661. The first-order valence-electron chi connectivity index (χ1n) is 7.44. The average Bonchev–Trinajstić information content (AvgIpc) is 2.77. The minimum atomic E-state index is -0.308. The summed E-state index contributed by atoms with van der Waals surface area (Å²) >= 11 is 0. The molecule has 0 bridgehead atoms. The molecule has 2 aromatic carbocycles. The molecule has 3 heteroatoms. The summed E-state index contributed by atoms with van der Waals surface area (Å²) in [4.78, 5) is 12.1. The summed E-state index contributed by atoms with van der Waals surface area (Å²) < 4.78 is 0. The fraction of sp³-hybridized carbons (Fsp3) is 0.278. The Morgan fingerprint density at radius 2 is 1.90 bits per heavy atom. The van der Waals surface area contributed by atoms with E-state index in [1.807, 2.05) is 31.2 Å². The van der Waals surface area contributed by atoms with E-state index in [0.717, 1.165) is 35.3 Å². The predicted molar refractivity (Wildman–Crippen MR) is 86.6 cm³/mol. The molecule has 0 fully saturated rings. The third kappa shape index (κ3) is 2.77. The number of fused-ring (bicyclic) bond motifs is 1. The molecule has 1 amide bonds. The molecule has 21 heavy (non-hydrogen) atoms. The van der Waals surface area contributed by atoms with Crippen molar-refractivity contribution in [1.29, 1.82) is 0 Å². The predicted octanol–water partition coefficient (Wildman–Crippen LogP) is 4.05. The summed E-state index contributed by atoms with van der Waals surface area (Å²) in [6, 6.07) is 14.1. The van der Waals surface area contributed by atoms with Crippen LogP contribution in [0.15, 0.2) is 42.5 Å². The number of carbonyl (C=O) groups is 1. The molecule has 3 rings (SSSR count). The van der Waals surface area contributed by atoms with E-state index in [9.17, 15) is 4.79 Å². The van der Waals surface area contributed by atoms with Crippen LogP contribution in [0.2, 0.25) is 0 Å². The van der Waals surface area contributed by atoms with Crippen LogP contribution in [0.25, 0.3) is 0 Å². The van der Waals surface area contributed by atoms with Crippen LogP contribution < -0.4 is 10.6 Å². The maximum absolute atomic E-state index is 12.1. The SMILES string of the molecule is CCCc1ccc(NC2C(=O)Nc3ccc(C)cc32)cc1. The van der Waals surface area contributed by atoms with Crippen molar-refractivity contribution in [3.63, 3.8) is 0 Å². The lowest BCUT2D eigenvalue weighted by molar-refractivity contribution is -0.116. The molecule has 0 aliphatic carbocycles. The van der Waals surface area contributed by atoms with Crippen molar-refractivity contribution in [3.05, 3.63) is 59.2 Å². The van der Waals surface area contributed by atoms with Gasteiger partial charge in [-0.15, -0.1) is 0 Å². The van der Waals surface area contributed by atoms with E-state index in [4.69, 9.17) is 0 Å². The third-order valence-electron chi connectivity index (χ3n) is 3.84. The zero-order chi connectivity index (χ0) is 14.8. The lowest BCUT2D eigenvalue weighted by atomic mass is 10.0. The lowest BCUT2D eigenvalue weighted by Crippen LogP contribution is -2.19. The van der Waals surface area contributed by atoms with Crippen molar-refractivity contribution >= 4 is 17.3 Å². The van der Waals surface area contributed by atoms with Crippen LogP contribution in [0.3, 0.4) is 0 Å². The van der Waals surface area contributed by atoms with Gasteiger partial charge in [-0.1, -0.05) is 43.2 Å². The molecule has 1 heterocycles. The zero-order valence-electron chi connectivity index (χ0n) is 12.4. The Balaban J connectivity index is 1.82. The molecule has 3 nitrogen and oxygen atoms in total. The van der Waals surface area contributed by atoms with Gasteiger partial charge in [0.1, 0.15) is 6.04 Å². The summed E-state index contributed by atoms with van der Waals surface area (Å²) in [5, 5.41) is 6.26. The smallest absolute Gasteiger partial charge is 0.251 e. The number of benzene rings is 2. The van der Waals surface area contributed by atoms with E-state index in [1.54, 1.807) is 0 Å². The highest BCUT2D eigenvalue weighted by atomic mass is 16.2. The molecule has 2 N–H and O–H groups in total. The van der Waals surface area contributed by atoms with Crippen LogP contribution in [0.4, 0.5) is 11.4 Å². The molecule has 0 saturated heterocycles. The number of aryl methyl sites for hydroxylation is 2. The Hall–Kier alpha value is -2.29. The third-order valence-corrected chi connectivity index (χ3v) is 3.84. The number of nitrogens with one attached hydrogen (secondary N) is 2. The van der Waals surface area contributed by atoms with Crippen LogP contribution in [0.1, 0.15) is 36.1 Å². The highest BCUT2D eigenvalue weighted by Crippen LogP contribution is 2.33. The van der Waals surface area contributed by atoms with Gasteiger partial charge in [-0.3, -0.25) is 4.79 Å². The summed E-state index contributed by atoms with van der Waals surface area (Å²) in [5.41, 5.74) is 5.40. The Labute approximate surface area is 125 Å². The summed E-state index contributed by atoms with van der Waals surface area (Å²) in [6.07, 6.45) is 2.23. The minimum absolute atomic E-state index is 0.00762. The van der Waals surface area contributed by atoms with Gasteiger partial charge in [-0.05, 0) is 37.1 Å². The fourth-order valence-electron chi connectivity index (χ4n) is 2.75. The van der Waals surface area contributed by atoms with Crippen molar-refractivity contribution in [2.45, 2.75) is 32.7 Å². The van der Waals surface area contributed by atoms with Gasteiger partial charge in [0.05, 0.1) is 0 Å². The molecule has 0 aromatic heterocycles. The molecule has 108 valence electrons. The summed E-state index contributed by atoms with van der Waals surface area (Å²) in [7, 11) is 0. The number of hydrogen-bond acceptors (Lipinski definition) is 2. The van der Waals surface area contributed by atoms with Gasteiger partial charge >= 0.3 is 0 Å². The number of carbonyl (C=O) groups excluding carboxylic acids is 1. The van der Waals surface area contributed by atoms with Gasteiger partial charge < -0.3 is 10.6 Å². The van der Waals surface area contributed by atoms with Gasteiger partial charge in [0.15, 0.2) is 0 Å². The molecule has 1 atom stereocenters. The zero-order valence-corrected chi connectivity index (χ0v) is 12.4. The van der Waals surface area contributed by atoms with Crippen LogP contribution in [0, 0.1) is 6.92 Å². The molecular formula is C18H20N2O. The van der Waals surface area contributed by atoms with E-state index in [0.29, 0.717) is 0 Å². The molecule has 0 radical (unpaired) electrons. The van der Waals surface area contributed by atoms with Crippen molar-refractivity contribution < 1.29 is 4.79 Å². The number of hydrogen-bond donors (Lipinski definition) is 2. The Kier molecular flexibility index (Phi) is 3.65. The maximum atomic E-state index is 12.1. The molecular weight excluding hydrogens is 260 g/mol. The topological polar surface area (TPSA) is 41.1 Å². The van der Waals surface area contributed by atoms with Crippen LogP contribution in [0.5, 0.6) is 0 Å². The van der Waals surface area contributed by atoms with Gasteiger partial charge in [-0.2, -0.15) is 0 Å². The van der Waals surface area contributed by atoms with Crippen molar-refractivity contribution in [2.75, 3.05) is 10.6 Å². The van der Waals surface area contributed by atoms with Crippen molar-refractivity contribution in [3.8, 4) is 0 Å². The maximum Gasteiger partial charge on any atom is 0.251 e. The fourth-order valence-corrected chi connectivity index (χ4v) is 2.75. The number of amides is 1. The molecule has 1 aliphatic rings. The van der Waals surface area contributed by atoms with Gasteiger partial charge in [0, 0.05) is 16.9 Å². The average molecular weight is 280 g/mol. The Morgan fingerprint density at radius 1 is 1.14 bits per heavy atom. The van der Waals surface area contributed by atoms with E-state index in [2.05, 4.69) is 35.8 Å². The molecule has 0 spiro atoms. The quantitative estimate of drug-likeness (QED) is 0.887. The van der Waals surface area contributed by atoms with E-state index in [-0.39, 0.29) is 11.9 Å². The summed E-state index contributed by atoms with van der Waals surface area (Å²) in [5.74, 6) is 0.00762. The van der Waals surface area contributed by atoms with Gasteiger partial charge in [-0.25, -0.2) is 0 Å². The van der Waals surface area contributed by atoms with Crippen LogP contribution in [-0.4, -0.2) is 5.91 Å². The highest BCUT2D eigenvalue weighted by Gasteiger charge is 2.30. The van der Waals surface area contributed by atoms with Crippen LogP contribution >= 0.6 is 0 Å². The largest absolute Gasteiger partial charge is 0.370 e. The molecule has 1 aliphatic heterocycles. The molecule has 2 aromatic rings. The highest BCUT2D eigenvalue weighted by molar-refractivity contribution is 6.04. The number of anilines is 2. The second-order valence-corrected chi connectivity index (χ2v) is 5.60. The Morgan fingerprint density at radius 3 is 2.62 bits per heavy atom. The first kappa shape index (κ1) is 13.7. The summed E-state index contributed by atoms with van der Waals surface area (Å²) in [6.45, 7) is 4.22. The second kappa shape index (κ2) is 5.60. The first-order valence-corrected chi connectivity index (χ1v) is 7.44. The van der Waals surface area contributed by atoms with E-state index < -0.39 is 0 Å². The van der Waals surface area contributed by atoms with E-state index >= 15 is 0 Å². The minimum Gasteiger partial charge on any atom is -0.370 e. The molecule has 0 saturated carbocycles. The number of rotatable bonds is 4. The van der Waals surface area contributed by atoms with Crippen molar-refractivity contribution in [2.24, 2.45) is 0 Å². The molecule has 1 unspecified atom stereocenters. The van der Waals surface area contributed by atoms with Gasteiger partial charge in [0.25, 0.3) is 5.91 Å².